The van der Waals surface area contributed by atoms with E-state index in [4.69, 9.17) is 27.9 Å². The van der Waals surface area contributed by atoms with Crippen molar-refractivity contribution < 1.29 is 14.3 Å². The summed E-state index contributed by atoms with van der Waals surface area (Å²) in [5.41, 5.74) is 2.91. The predicted molar refractivity (Wildman–Crippen MR) is 135 cm³/mol. The summed E-state index contributed by atoms with van der Waals surface area (Å²) in [5.74, 6) is -0.418. The maximum absolute atomic E-state index is 13.6. The second-order valence-corrected chi connectivity index (χ2v) is 9.07. The molecule has 0 radical (unpaired) electrons. The number of amides is 1. The highest BCUT2D eigenvalue weighted by Gasteiger charge is 2.41. The highest BCUT2D eigenvalue weighted by Crippen LogP contribution is 2.37. The van der Waals surface area contributed by atoms with E-state index in [-0.39, 0.29) is 30.6 Å². The molecule has 174 valence electrons. The molecule has 0 bridgehead atoms. The molecule has 0 saturated heterocycles. The van der Waals surface area contributed by atoms with Gasteiger partial charge in [0.25, 0.3) is 5.91 Å². The van der Waals surface area contributed by atoms with Crippen LogP contribution in [0.3, 0.4) is 0 Å². The molecule has 0 spiro atoms. The third kappa shape index (κ3) is 5.16. The normalized spacial score (nSPS) is 16.4. The van der Waals surface area contributed by atoms with Gasteiger partial charge in [0.15, 0.2) is 5.78 Å². The van der Waals surface area contributed by atoms with Gasteiger partial charge in [0.05, 0.1) is 19.6 Å². The Bertz CT molecular complexity index is 1230. The van der Waals surface area contributed by atoms with Gasteiger partial charge in [0.2, 0.25) is 0 Å². The van der Waals surface area contributed by atoms with Crippen LogP contribution in [0.1, 0.15) is 40.7 Å². The molecule has 0 unspecified atom stereocenters. The molecule has 3 aromatic rings. The van der Waals surface area contributed by atoms with Crippen molar-refractivity contribution in [2.24, 2.45) is 11.0 Å². The van der Waals surface area contributed by atoms with E-state index in [9.17, 15) is 9.59 Å². The number of benzene rings is 3. The van der Waals surface area contributed by atoms with E-state index in [0.29, 0.717) is 27.1 Å². The van der Waals surface area contributed by atoms with Crippen LogP contribution in [0.5, 0.6) is 5.75 Å². The standard InChI is InChI=1S/C27H24Cl2N2O3/c1-17-26(27(33)31(30-17)16-20-8-11-21(28)14-24(20)29)23(18-9-12-22(34-2)13-10-18)15-25(32)19-6-4-3-5-7-19/h3-14,23,26H,15-16H2,1-2H3/t23-,26-/m0/s1. The number of hydrogen-bond donors (Lipinski definition) is 0. The first-order chi connectivity index (χ1) is 16.4. The molecule has 4 rings (SSSR count). The number of methoxy groups -OCH3 is 1. The fourth-order valence-electron chi connectivity index (χ4n) is 4.25. The van der Waals surface area contributed by atoms with Crippen LogP contribution in [0.2, 0.25) is 10.0 Å². The SMILES string of the molecule is COc1ccc([C@H](CC(=O)c2ccccc2)[C@H]2C(=O)N(Cc3ccc(Cl)cc3Cl)N=C2C)cc1. The van der Waals surface area contributed by atoms with E-state index in [1.807, 2.05) is 49.4 Å². The lowest BCUT2D eigenvalue weighted by molar-refractivity contribution is -0.132. The maximum Gasteiger partial charge on any atom is 0.252 e. The van der Waals surface area contributed by atoms with Gasteiger partial charge in [-0.2, -0.15) is 5.10 Å². The molecule has 7 heteroatoms. The quantitative estimate of drug-likeness (QED) is 0.340. The third-order valence-electron chi connectivity index (χ3n) is 6.03. The van der Waals surface area contributed by atoms with Gasteiger partial charge in [0.1, 0.15) is 5.75 Å². The largest absolute Gasteiger partial charge is 0.497 e. The monoisotopic (exact) mass is 494 g/mol. The van der Waals surface area contributed by atoms with Gasteiger partial charge in [-0.15, -0.1) is 0 Å². The van der Waals surface area contributed by atoms with Crippen LogP contribution in [-0.4, -0.2) is 29.5 Å². The Morgan fingerprint density at radius 1 is 1.06 bits per heavy atom. The molecule has 0 fully saturated rings. The number of halogens is 2. The Labute approximate surface area is 208 Å². The van der Waals surface area contributed by atoms with Crippen LogP contribution < -0.4 is 4.74 Å². The van der Waals surface area contributed by atoms with Crippen molar-refractivity contribution in [1.29, 1.82) is 0 Å². The number of hydrogen-bond acceptors (Lipinski definition) is 4. The number of hydrazone groups is 1. The van der Waals surface area contributed by atoms with Crippen LogP contribution in [0.4, 0.5) is 0 Å². The van der Waals surface area contributed by atoms with E-state index < -0.39 is 5.92 Å². The average molecular weight is 495 g/mol. The van der Waals surface area contributed by atoms with Crippen molar-refractivity contribution in [3.8, 4) is 5.75 Å². The molecule has 0 aliphatic carbocycles. The molecule has 0 aromatic heterocycles. The van der Waals surface area contributed by atoms with Gasteiger partial charge >= 0.3 is 0 Å². The summed E-state index contributed by atoms with van der Waals surface area (Å²) in [7, 11) is 1.60. The number of nitrogens with zero attached hydrogens (tertiary/aromatic N) is 2. The zero-order valence-electron chi connectivity index (χ0n) is 18.9. The molecule has 1 aliphatic rings. The average Bonchev–Trinajstić information content (AvgIpc) is 3.12. The molecule has 2 atom stereocenters. The van der Waals surface area contributed by atoms with Crippen molar-refractivity contribution >= 4 is 40.6 Å². The van der Waals surface area contributed by atoms with Gasteiger partial charge in [-0.05, 0) is 42.3 Å². The number of carbonyl (C=O) groups is 2. The minimum absolute atomic E-state index is 0.0267. The number of rotatable bonds is 8. The summed E-state index contributed by atoms with van der Waals surface area (Å²) in [6.45, 7) is 2.06. The highest BCUT2D eigenvalue weighted by atomic mass is 35.5. The van der Waals surface area contributed by atoms with E-state index in [2.05, 4.69) is 5.10 Å². The molecule has 1 amide bonds. The van der Waals surface area contributed by atoms with Gasteiger partial charge in [-0.3, -0.25) is 9.59 Å². The fraction of sp³-hybridized carbons (Fsp3) is 0.222. The summed E-state index contributed by atoms with van der Waals surface area (Å²) < 4.78 is 5.28. The summed E-state index contributed by atoms with van der Waals surface area (Å²) in [5, 5.41) is 6.97. The smallest absolute Gasteiger partial charge is 0.252 e. The van der Waals surface area contributed by atoms with Crippen LogP contribution in [0.15, 0.2) is 77.9 Å². The van der Waals surface area contributed by atoms with Crippen molar-refractivity contribution in [3.63, 3.8) is 0 Å². The molecular weight excluding hydrogens is 471 g/mol. The molecule has 5 nitrogen and oxygen atoms in total. The van der Waals surface area contributed by atoms with Crippen LogP contribution >= 0.6 is 23.2 Å². The van der Waals surface area contributed by atoms with Crippen molar-refractivity contribution in [3.05, 3.63) is 99.5 Å². The zero-order chi connectivity index (χ0) is 24.2. The minimum Gasteiger partial charge on any atom is -0.497 e. The summed E-state index contributed by atoms with van der Waals surface area (Å²) in [4.78, 5) is 26.7. The van der Waals surface area contributed by atoms with E-state index in [1.165, 1.54) is 5.01 Å². The Kier molecular flexibility index (Phi) is 7.35. The molecular formula is C27H24Cl2N2O3. The first kappa shape index (κ1) is 24.0. The lowest BCUT2D eigenvalue weighted by Gasteiger charge is -2.24. The van der Waals surface area contributed by atoms with E-state index in [1.54, 1.807) is 37.4 Å². The topological polar surface area (TPSA) is 59.0 Å². The molecule has 0 N–H and O–H groups in total. The second-order valence-electron chi connectivity index (χ2n) is 8.22. The van der Waals surface area contributed by atoms with Crippen LogP contribution in [0.25, 0.3) is 0 Å². The maximum atomic E-state index is 13.6. The Balaban J connectivity index is 1.64. The second kappa shape index (κ2) is 10.4. The first-order valence-corrected chi connectivity index (χ1v) is 11.7. The molecule has 1 heterocycles. The fourth-order valence-corrected chi connectivity index (χ4v) is 4.72. The first-order valence-electron chi connectivity index (χ1n) is 10.9. The summed E-state index contributed by atoms with van der Waals surface area (Å²) >= 11 is 12.3. The van der Waals surface area contributed by atoms with E-state index >= 15 is 0 Å². The Morgan fingerprint density at radius 3 is 2.41 bits per heavy atom. The molecule has 34 heavy (non-hydrogen) atoms. The number of ether oxygens (including phenoxy) is 1. The molecule has 0 saturated carbocycles. The number of Topliss-reactive ketones (excluding diaryl/α,β-unsaturated/α-hetero) is 1. The Hall–Kier alpha value is -3.15. The zero-order valence-corrected chi connectivity index (χ0v) is 20.4. The summed E-state index contributed by atoms with van der Waals surface area (Å²) in [6.07, 6.45) is 0.176. The minimum atomic E-state index is -0.563. The van der Waals surface area contributed by atoms with Crippen LogP contribution in [-0.2, 0) is 11.3 Å². The molecule has 3 aromatic carbocycles. The lowest BCUT2D eigenvalue weighted by Crippen LogP contribution is -2.32. The van der Waals surface area contributed by atoms with Gasteiger partial charge in [-0.25, -0.2) is 5.01 Å². The summed E-state index contributed by atoms with van der Waals surface area (Å²) in [6, 6.07) is 21.8. The molecule has 1 aliphatic heterocycles. The number of carbonyl (C=O) groups excluding carboxylic acids is 2. The predicted octanol–water partition coefficient (Wildman–Crippen LogP) is 6.39. The van der Waals surface area contributed by atoms with Crippen molar-refractivity contribution in [2.45, 2.75) is 25.8 Å². The van der Waals surface area contributed by atoms with Gasteiger partial charge < -0.3 is 4.74 Å². The van der Waals surface area contributed by atoms with Gasteiger partial charge in [-0.1, -0.05) is 71.7 Å². The highest BCUT2D eigenvalue weighted by molar-refractivity contribution is 6.35. The number of ketones is 1. The third-order valence-corrected chi connectivity index (χ3v) is 6.62. The van der Waals surface area contributed by atoms with Crippen LogP contribution in [0, 0.1) is 5.92 Å². The van der Waals surface area contributed by atoms with E-state index in [0.717, 1.165) is 11.1 Å². The Morgan fingerprint density at radius 2 is 1.76 bits per heavy atom. The van der Waals surface area contributed by atoms with Gasteiger partial charge in [0, 0.05) is 33.7 Å². The van der Waals surface area contributed by atoms with Crippen molar-refractivity contribution in [2.75, 3.05) is 7.11 Å². The lowest BCUT2D eigenvalue weighted by atomic mass is 9.79. The van der Waals surface area contributed by atoms with Crippen molar-refractivity contribution in [1.82, 2.24) is 5.01 Å².